The molecule has 2 aromatic rings. The number of carbonyl (C=O) groups excluding carboxylic acids is 1. The molecule has 0 saturated heterocycles. The fraction of sp³-hybridized carbons (Fsp3) is 0.571. The van der Waals surface area contributed by atoms with Gasteiger partial charge in [0, 0.05) is 25.2 Å². The highest BCUT2D eigenvalue weighted by Gasteiger charge is 2.18. The van der Waals surface area contributed by atoms with Gasteiger partial charge in [-0.3, -0.25) is 4.79 Å². The van der Waals surface area contributed by atoms with Gasteiger partial charge in [-0.15, -0.1) is 0 Å². The van der Waals surface area contributed by atoms with Crippen LogP contribution in [0.2, 0.25) is 0 Å². The second kappa shape index (κ2) is 9.08. The number of benzene rings is 1. The third-order valence-corrected chi connectivity index (χ3v) is 4.78. The highest BCUT2D eigenvalue weighted by molar-refractivity contribution is 5.97. The zero-order valence-corrected chi connectivity index (χ0v) is 17.0. The first-order valence-electron chi connectivity index (χ1n) is 9.62. The summed E-state index contributed by atoms with van der Waals surface area (Å²) >= 11 is 0. The van der Waals surface area contributed by atoms with E-state index in [0.717, 1.165) is 55.1 Å². The van der Waals surface area contributed by atoms with Crippen LogP contribution >= 0.6 is 0 Å². The molecule has 1 heterocycles. The molecule has 1 aromatic heterocycles. The SMILES string of the molecule is CCN(CC)CCN(CC(C)C)C(=O)c1ccc2nc(C)c(C)nc2c1. The molecule has 2 rings (SSSR count). The summed E-state index contributed by atoms with van der Waals surface area (Å²) in [5.74, 6) is 0.508. The average molecular weight is 357 g/mol. The van der Waals surface area contributed by atoms with E-state index in [9.17, 15) is 4.79 Å². The lowest BCUT2D eigenvalue weighted by Gasteiger charge is -2.28. The van der Waals surface area contributed by atoms with Crippen LogP contribution in [0.25, 0.3) is 11.0 Å². The van der Waals surface area contributed by atoms with Gasteiger partial charge in [0.2, 0.25) is 0 Å². The minimum absolute atomic E-state index is 0.0767. The number of hydrogen-bond acceptors (Lipinski definition) is 4. The molecule has 1 amide bonds. The van der Waals surface area contributed by atoms with Crippen molar-refractivity contribution in [3.63, 3.8) is 0 Å². The maximum Gasteiger partial charge on any atom is 0.253 e. The van der Waals surface area contributed by atoms with Crippen molar-refractivity contribution in [2.45, 2.75) is 41.5 Å². The minimum Gasteiger partial charge on any atom is -0.337 e. The molecule has 0 spiro atoms. The number of rotatable bonds is 8. The third-order valence-electron chi connectivity index (χ3n) is 4.78. The van der Waals surface area contributed by atoms with Crippen molar-refractivity contribution in [1.29, 1.82) is 0 Å². The summed E-state index contributed by atoms with van der Waals surface area (Å²) < 4.78 is 0. The summed E-state index contributed by atoms with van der Waals surface area (Å²) in [5.41, 5.74) is 4.14. The monoisotopic (exact) mass is 356 g/mol. The van der Waals surface area contributed by atoms with Gasteiger partial charge < -0.3 is 9.80 Å². The van der Waals surface area contributed by atoms with Crippen molar-refractivity contribution in [2.75, 3.05) is 32.7 Å². The molecule has 0 fully saturated rings. The van der Waals surface area contributed by atoms with Crippen molar-refractivity contribution < 1.29 is 4.79 Å². The average Bonchev–Trinajstić information content (AvgIpc) is 2.61. The largest absolute Gasteiger partial charge is 0.337 e. The second-order valence-electron chi connectivity index (χ2n) is 7.27. The quantitative estimate of drug-likeness (QED) is 0.724. The fourth-order valence-electron chi connectivity index (χ4n) is 3.06. The molecule has 0 unspecified atom stereocenters. The molecule has 0 aliphatic rings. The van der Waals surface area contributed by atoms with Gasteiger partial charge in [0.25, 0.3) is 5.91 Å². The molecule has 5 heteroatoms. The number of likely N-dealkylation sites (N-methyl/N-ethyl adjacent to an activating group) is 1. The van der Waals surface area contributed by atoms with Crippen LogP contribution in [0, 0.1) is 19.8 Å². The van der Waals surface area contributed by atoms with Gasteiger partial charge >= 0.3 is 0 Å². The Morgan fingerprint density at radius 1 is 1.00 bits per heavy atom. The highest BCUT2D eigenvalue weighted by Crippen LogP contribution is 2.16. The molecule has 0 aliphatic heterocycles. The molecule has 26 heavy (non-hydrogen) atoms. The van der Waals surface area contributed by atoms with Gasteiger partial charge in [0.05, 0.1) is 22.4 Å². The number of aryl methyl sites for hydroxylation is 2. The van der Waals surface area contributed by atoms with Crippen molar-refractivity contribution in [3.8, 4) is 0 Å². The van der Waals surface area contributed by atoms with Crippen molar-refractivity contribution >= 4 is 16.9 Å². The van der Waals surface area contributed by atoms with E-state index in [1.54, 1.807) is 0 Å². The first kappa shape index (κ1) is 20.3. The molecule has 5 nitrogen and oxygen atoms in total. The summed E-state index contributed by atoms with van der Waals surface area (Å²) in [7, 11) is 0. The zero-order chi connectivity index (χ0) is 19.3. The van der Waals surface area contributed by atoms with Crippen molar-refractivity contribution in [3.05, 3.63) is 35.2 Å². The molecular formula is C21H32N4O. The minimum atomic E-state index is 0.0767. The maximum absolute atomic E-state index is 13.1. The van der Waals surface area contributed by atoms with Crippen LogP contribution in [0.1, 0.15) is 49.4 Å². The van der Waals surface area contributed by atoms with Crippen LogP contribution in [0.5, 0.6) is 0 Å². The lowest BCUT2D eigenvalue weighted by Crippen LogP contribution is -2.40. The predicted octanol–water partition coefficient (Wildman–Crippen LogP) is 3.69. The van der Waals surface area contributed by atoms with Gasteiger partial charge in [0.15, 0.2) is 0 Å². The number of amides is 1. The second-order valence-corrected chi connectivity index (χ2v) is 7.27. The molecule has 0 atom stereocenters. The van der Waals surface area contributed by atoms with E-state index in [1.165, 1.54) is 0 Å². The highest BCUT2D eigenvalue weighted by atomic mass is 16.2. The molecule has 1 aromatic carbocycles. The first-order chi connectivity index (χ1) is 12.3. The first-order valence-corrected chi connectivity index (χ1v) is 9.62. The maximum atomic E-state index is 13.1. The molecule has 142 valence electrons. The predicted molar refractivity (Wildman–Crippen MR) is 108 cm³/mol. The topological polar surface area (TPSA) is 49.3 Å². The number of carbonyl (C=O) groups is 1. The van der Waals surface area contributed by atoms with E-state index in [1.807, 2.05) is 36.9 Å². The van der Waals surface area contributed by atoms with Crippen LogP contribution in [0.15, 0.2) is 18.2 Å². The molecule has 0 radical (unpaired) electrons. The number of fused-ring (bicyclic) bond motifs is 1. The summed E-state index contributed by atoms with van der Waals surface area (Å²) in [5, 5.41) is 0. The number of hydrogen-bond donors (Lipinski definition) is 0. The van der Waals surface area contributed by atoms with E-state index < -0.39 is 0 Å². The Bertz CT molecular complexity index is 753. The zero-order valence-electron chi connectivity index (χ0n) is 17.0. The Balaban J connectivity index is 2.25. The molecular weight excluding hydrogens is 324 g/mol. The normalized spacial score (nSPS) is 11.5. The van der Waals surface area contributed by atoms with Crippen molar-refractivity contribution in [2.24, 2.45) is 5.92 Å². The van der Waals surface area contributed by atoms with E-state index in [-0.39, 0.29) is 5.91 Å². The lowest BCUT2D eigenvalue weighted by atomic mass is 10.1. The Hall–Kier alpha value is -2.01. The molecule has 0 saturated carbocycles. The number of nitrogens with zero attached hydrogens (tertiary/aromatic N) is 4. The van der Waals surface area contributed by atoms with Crippen LogP contribution in [-0.2, 0) is 0 Å². The van der Waals surface area contributed by atoms with Gasteiger partial charge in [-0.05, 0) is 51.1 Å². The molecule has 0 N–H and O–H groups in total. The fourth-order valence-corrected chi connectivity index (χ4v) is 3.06. The standard InChI is InChI=1S/C21H32N4O/c1-7-24(8-2)11-12-25(14-15(3)4)21(26)18-9-10-19-20(13-18)23-17(6)16(5)22-19/h9-10,13,15H,7-8,11-12,14H2,1-6H3. The van der Waals surface area contributed by atoms with Crippen LogP contribution in [0.3, 0.4) is 0 Å². The van der Waals surface area contributed by atoms with Gasteiger partial charge in [0.1, 0.15) is 0 Å². The Morgan fingerprint density at radius 3 is 2.19 bits per heavy atom. The summed E-state index contributed by atoms with van der Waals surface area (Å²) in [6.07, 6.45) is 0. The summed E-state index contributed by atoms with van der Waals surface area (Å²) in [4.78, 5) is 26.6. The molecule has 0 aliphatic carbocycles. The van der Waals surface area contributed by atoms with Gasteiger partial charge in [-0.25, -0.2) is 9.97 Å². The van der Waals surface area contributed by atoms with E-state index in [4.69, 9.17) is 0 Å². The van der Waals surface area contributed by atoms with E-state index in [0.29, 0.717) is 11.5 Å². The van der Waals surface area contributed by atoms with E-state index >= 15 is 0 Å². The molecule has 0 bridgehead atoms. The summed E-state index contributed by atoms with van der Waals surface area (Å²) in [6.45, 7) is 16.9. The van der Waals surface area contributed by atoms with Gasteiger partial charge in [-0.1, -0.05) is 27.7 Å². The smallest absolute Gasteiger partial charge is 0.253 e. The van der Waals surface area contributed by atoms with Crippen molar-refractivity contribution in [1.82, 2.24) is 19.8 Å². The lowest BCUT2D eigenvalue weighted by molar-refractivity contribution is 0.0716. The van der Waals surface area contributed by atoms with E-state index in [2.05, 4.69) is 42.6 Å². The number of aromatic nitrogens is 2. The van der Waals surface area contributed by atoms with Gasteiger partial charge in [-0.2, -0.15) is 0 Å². The third kappa shape index (κ3) is 5.01. The Kier molecular flexibility index (Phi) is 7.09. The summed E-state index contributed by atoms with van der Waals surface area (Å²) in [6, 6.07) is 5.65. The Labute approximate surface area is 157 Å². The van der Waals surface area contributed by atoms with Crippen LogP contribution in [-0.4, -0.2) is 58.4 Å². The Morgan fingerprint density at radius 2 is 1.62 bits per heavy atom. The van der Waals surface area contributed by atoms with Crippen LogP contribution < -0.4 is 0 Å². The van der Waals surface area contributed by atoms with Crippen LogP contribution in [0.4, 0.5) is 0 Å².